The van der Waals surface area contributed by atoms with Crippen molar-refractivity contribution in [2.24, 2.45) is 0 Å². The van der Waals surface area contributed by atoms with Crippen LogP contribution in [0.5, 0.6) is 5.75 Å². The number of aromatic nitrogens is 1. The summed E-state index contributed by atoms with van der Waals surface area (Å²) in [5, 5.41) is 8.97. The van der Waals surface area contributed by atoms with Crippen LogP contribution in [0.2, 0.25) is 0 Å². The van der Waals surface area contributed by atoms with Crippen LogP contribution in [0.4, 0.5) is 0 Å². The molecule has 0 spiro atoms. The number of nitrogens with zero attached hydrogens (tertiary/aromatic N) is 1. The van der Waals surface area contributed by atoms with E-state index in [1.165, 1.54) is 83.5 Å². The molecule has 150 valence electrons. The second-order valence-electron chi connectivity index (χ2n) is 7.45. The summed E-state index contributed by atoms with van der Waals surface area (Å²) in [6, 6.07) is 3.95. The van der Waals surface area contributed by atoms with Crippen LogP contribution in [-0.4, -0.2) is 18.3 Å². The van der Waals surface area contributed by atoms with Crippen molar-refractivity contribution in [3.8, 4) is 5.75 Å². The third-order valence-electron chi connectivity index (χ3n) is 4.96. The fraction of sp³-hybridized carbons (Fsp3) is 0.783. The van der Waals surface area contributed by atoms with Gasteiger partial charge in [-0.15, -0.1) is 0 Å². The summed E-state index contributed by atoms with van der Waals surface area (Å²) < 4.78 is 7.76. The summed E-state index contributed by atoms with van der Waals surface area (Å²) in [6.07, 6.45) is 23.2. The van der Waals surface area contributed by atoms with E-state index in [9.17, 15) is 0 Å². The average molecular weight is 365 g/mol. The normalized spacial score (nSPS) is 11.0. The SMILES string of the molecule is CCCCCCCCCCCCCCCCOc1ccc[n+](CCO)c1. The van der Waals surface area contributed by atoms with E-state index in [1.807, 2.05) is 29.1 Å². The number of ether oxygens (including phenoxy) is 1. The summed E-state index contributed by atoms with van der Waals surface area (Å²) in [6.45, 7) is 3.86. The van der Waals surface area contributed by atoms with E-state index in [0.717, 1.165) is 18.8 Å². The first-order chi connectivity index (χ1) is 12.9. The molecule has 1 aromatic heterocycles. The number of rotatable bonds is 18. The topological polar surface area (TPSA) is 33.3 Å². The second-order valence-corrected chi connectivity index (χ2v) is 7.45. The summed E-state index contributed by atoms with van der Waals surface area (Å²) in [7, 11) is 0. The zero-order chi connectivity index (χ0) is 18.7. The van der Waals surface area contributed by atoms with E-state index in [0.29, 0.717) is 6.54 Å². The molecule has 0 unspecified atom stereocenters. The van der Waals surface area contributed by atoms with Gasteiger partial charge < -0.3 is 9.84 Å². The maximum atomic E-state index is 8.97. The third-order valence-corrected chi connectivity index (χ3v) is 4.96. The predicted octanol–water partition coefficient (Wildman–Crippen LogP) is 5.83. The molecule has 0 aromatic carbocycles. The summed E-state index contributed by atoms with van der Waals surface area (Å²) in [5.41, 5.74) is 0. The predicted molar refractivity (Wildman–Crippen MR) is 110 cm³/mol. The average Bonchev–Trinajstić information content (AvgIpc) is 2.65. The molecule has 3 nitrogen and oxygen atoms in total. The minimum absolute atomic E-state index is 0.160. The first-order valence-electron chi connectivity index (χ1n) is 11.1. The number of unbranched alkanes of at least 4 members (excludes halogenated alkanes) is 13. The van der Waals surface area contributed by atoms with Crippen molar-refractivity contribution in [1.29, 1.82) is 0 Å². The summed E-state index contributed by atoms with van der Waals surface area (Å²) in [5.74, 6) is 0.899. The van der Waals surface area contributed by atoms with Crippen molar-refractivity contribution < 1.29 is 14.4 Å². The fourth-order valence-corrected chi connectivity index (χ4v) is 3.32. The lowest BCUT2D eigenvalue weighted by molar-refractivity contribution is -0.698. The highest BCUT2D eigenvalue weighted by molar-refractivity contribution is 5.12. The van der Waals surface area contributed by atoms with E-state index in [4.69, 9.17) is 9.84 Å². The van der Waals surface area contributed by atoms with Crippen molar-refractivity contribution in [3.63, 3.8) is 0 Å². The van der Waals surface area contributed by atoms with Gasteiger partial charge in [0.2, 0.25) is 6.20 Å². The molecule has 0 saturated carbocycles. The van der Waals surface area contributed by atoms with Gasteiger partial charge in [0.1, 0.15) is 6.61 Å². The molecule has 1 rings (SSSR count). The molecule has 1 N–H and O–H groups in total. The van der Waals surface area contributed by atoms with Gasteiger partial charge in [0.05, 0.1) is 6.61 Å². The molecule has 0 saturated heterocycles. The maximum Gasteiger partial charge on any atom is 0.211 e. The van der Waals surface area contributed by atoms with Crippen LogP contribution in [0, 0.1) is 0 Å². The smallest absolute Gasteiger partial charge is 0.211 e. The first-order valence-corrected chi connectivity index (χ1v) is 11.1. The monoisotopic (exact) mass is 364 g/mol. The first kappa shape index (κ1) is 23.0. The molecule has 0 aliphatic heterocycles. The minimum atomic E-state index is 0.160. The second kappa shape index (κ2) is 17.3. The van der Waals surface area contributed by atoms with Crippen LogP contribution < -0.4 is 9.30 Å². The molecule has 0 bridgehead atoms. The molecule has 3 heteroatoms. The van der Waals surface area contributed by atoms with Gasteiger partial charge in [-0.25, -0.2) is 0 Å². The van der Waals surface area contributed by atoms with Crippen LogP contribution in [-0.2, 0) is 6.54 Å². The molecule has 0 atom stereocenters. The Morgan fingerprint density at radius 3 is 1.88 bits per heavy atom. The molecule has 0 aliphatic carbocycles. The van der Waals surface area contributed by atoms with E-state index >= 15 is 0 Å². The van der Waals surface area contributed by atoms with Crippen LogP contribution >= 0.6 is 0 Å². The molecule has 1 heterocycles. The molecule has 26 heavy (non-hydrogen) atoms. The fourth-order valence-electron chi connectivity index (χ4n) is 3.32. The quantitative estimate of drug-likeness (QED) is 0.263. The Hall–Kier alpha value is -1.09. The number of aliphatic hydroxyl groups is 1. The Morgan fingerprint density at radius 1 is 0.808 bits per heavy atom. The third kappa shape index (κ3) is 13.2. The molecule has 1 aromatic rings. The van der Waals surface area contributed by atoms with Crippen molar-refractivity contribution in [3.05, 3.63) is 24.5 Å². The Bertz CT molecular complexity index is 422. The zero-order valence-corrected chi connectivity index (χ0v) is 17.1. The lowest BCUT2D eigenvalue weighted by Gasteiger charge is -2.05. The molecule has 0 radical (unpaired) electrons. The molecule has 0 aliphatic rings. The molecular formula is C23H42NO2+. The van der Waals surface area contributed by atoms with Gasteiger partial charge in [0, 0.05) is 6.07 Å². The Kier molecular flexibility index (Phi) is 15.3. The highest BCUT2D eigenvalue weighted by atomic mass is 16.5. The Morgan fingerprint density at radius 2 is 1.35 bits per heavy atom. The van der Waals surface area contributed by atoms with E-state index in [2.05, 4.69) is 6.92 Å². The Labute approximate surface area is 161 Å². The van der Waals surface area contributed by atoms with Gasteiger partial charge in [0.25, 0.3) is 0 Å². The van der Waals surface area contributed by atoms with E-state index in [-0.39, 0.29) is 6.61 Å². The highest BCUT2D eigenvalue weighted by Gasteiger charge is 2.02. The van der Waals surface area contributed by atoms with E-state index in [1.54, 1.807) is 0 Å². The molecule has 0 fully saturated rings. The largest absolute Gasteiger partial charge is 0.487 e. The number of aliphatic hydroxyl groups excluding tert-OH is 1. The summed E-state index contributed by atoms with van der Waals surface area (Å²) >= 11 is 0. The lowest BCUT2D eigenvalue weighted by atomic mass is 10.0. The van der Waals surface area contributed by atoms with Gasteiger partial charge in [0.15, 0.2) is 18.5 Å². The molecule has 0 amide bonds. The highest BCUT2D eigenvalue weighted by Crippen LogP contribution is 2.13. The number of pyridine rings is 1. The van der Waals surface area contributed by atoms with Gasteiger partial charge in [-0.05, 0) is 12.5 Å². The van der Waals surface area contributed by atoms with Crippen LogP contribution in [0.3, 0.4) is 0 Å². The standard InChI is InChI=1S/C23H42NO2/c1-2-3-4-5-6-7-8-9-10-11-12-13-14-15-21-26-23-17-16-18-24(22-23)19-20-25/h16-18,22,25H,2-15,19-21H2,1H3/q+1. The zero-order valence-electron chi connectivity index (χ0n) is 17.1. The van der Waals surface area contributed by atoms with E-state index < -0.39 is 0 Å². The van der Waals surface area contributed by atoms with Gasteiger partial charge in [-0.2, -0.15) is 4.57 Å². The maximum absolute atomic E-state index is 8.97. The van der Waals surface area contributed by atoms with Crippen LogP contribution in [0.15, 0.2) is 24.5 Å². The van der Waals surface area contributed by atoms with Gasteiger partial charge in [-0.3, -0.25) is 0 Å². The van der Waals surface area contributed by atoms with Crippen molar-refractivity contribution >= 4 is 0 Å². The molecular weight excluding hydrogens is 322 g/mol. The van der Waals surface area contributed by atoms with Crippen molar-refractivity contribution in [1.82, 2.24) is 0 Å². The van der Waals surface area contributed by atoms with Crippen molar-refractivity contribution in [2.45, 2.75) is 103 Å². The van der Waals surface area contributed by atoms with Gasteiger partial charge >= 0.3 is 0 Å². The number of hydrogen-bond donors (Lipinski definition) is 1. The number of hydrogen-bond acceptors (Lipinski definition) is 2. The minimum Gasteiger partial charge on any atom is -0.487 e. The Balaban J connectivity index is 1.83. The van der Waals surface area contributed by atoms with Crippen molar-refractivity contribution in [2.75, 3.05) is 13.2 Å². The van der Waals surface area contributed by atoms with Gasteiger partial charge in [-0.1, -0.05) is 90.4 Å². The summed E-state index contributed by atoms with van der Waals surface area (Å²) in [4.78, 5) is 0. The van der Waals surface area contributed by atoms with Crippen LogP contribution in [0.1, 0.15) is 96.8 Å². The lowest BCUT2D eigenvalue weighted by Crippen LogP contribution is -2.34. The van der Waals surface area contributed by atoms with Crippen LogP contribution in [0.25, 0.3) is 0 Å².